The molecule has 0 amide bonds. The van der Waals surface area contributed by atoms with E-state index in [2.05, 4.69) is 31.2 Å². The Labute approximate surface area is 117 Å². The average molecular weight is 376 g/mol. The smallest absolute Gasteiger partial charge is 0.0273 e. The molecule has 1 radical (unpaired) electrons. The van der Waals surface area contributed by atoms with Crippen LogP contribution in [0.2, 0.25) is 0 Å². The van der Waals surface area contributed by atoms with Gasteiger partial charge in [-0.2, -0.15) is 0 Å². The van der Waals surface area contributed by atoms with Crippen LogP contribution in [0.1, 0.15) is 48.4 Å². The summed E-state index contributed by atoms with van der Waals surface area (Å²) in [5.74, 6) is 1.54. The molecule has 81 valence electrons. The van der Waals surface area contributed by atoms with Crippen LogP contribution in [0.4, 0.5) is 0 Å². The summed E-state index contributed by atoms with van der Waals surface area (Å²) < 4.78 is 0. The van der Waals surface area contributed by atoms with E-state index in [1.807, 2.05) is 0 Å². The molecule has 2 aliphatic rings. The first-order valence-electron chi connectivity index (χ1n) is 6.08. The molecule has 0 atom stereocenters. The van der Waals surface area contributed by atoms with Crippen LogP contribution >= 0.6 is 0 Å². The predicted molar refractivity (Wildman–Crippen MR) is 64.8 cm³/mol. The predicted octanol–water partition coefficient (Wildman–Crippen LogP) is 3.92. The van der Waals surface area contributed by atoms with Gasteiger partial charge in [-0.25, -0.2) is 0 Å². The molecule has 1 aromatic rings. The van der Waals surface area contributed by atoms with E-state index in [4.69, 9.17) is 0 Å². The molecule has 0 bridgehead atoms. The fourth-order valence-corrected chi connectivity index (χ4v) is 2.83. The Balaban J connectivity index is 0.000000963. The Morgan fingerprint density at radius 1 is 1.06 bits per heavy atom. The first-order valence-corrected chi connectivity index (χ1v) is 6.08. The van der Waals surface area contributed by atoms with Gasteiger partial charge in [0.05, 0.1) is 0 Å². The van der Waals surface area contributed by atoms with E-state index in [1.165, 1.54) is 43.2 Å². The van der Waals surface area contributed by atoms with E-state index < -0.39 is 0 Å². The molecule has 0 N–H and O–H groups in total. The van der Waals surface area contributed by atoms with E-state index in [0.717, 1.165) is 0 Å². The summed E-state index contributed by atoms with van der Waals surface area (Å²) >= 11 is 0. The van der Waals surface area contributed by atoms with E-state index in [9.17, 15) is 0 Å². The van der Waals surface area contributed by atoms with Crippen molar-refractivity contribution in [3.05, 3.63) is 46.4 Å². The monoisotopic (exact) mass is 377 g/mol. The molecule has 0 aromatic heterocycles. The van der Waals surface area contributed by atoms with Crippen LogP contribution in [-0.2, 0) is 38.7 Å². The number of fused-ring (bicyclic) bond motifs is 2. The minimum Gasteiger partial charge on any atom is -0.0721 e. The molecule has 3 rings (SSSR count). The van der Waals surface area contributed by atoms with Crippen LogP contribution in [0.25, 0.3) is 6.08 Å². The average Bonchev–Trinajstić information content (AvgIpc) is 2.82. The maximum absolute atomic E-state index is 2.45. The van der Waals surface area contributed by atoms with Crippen molar-refractivity contribution in [2.24, 2.45) is 0 Å². The third kappa shape index (κ3) is 1.99. The zero-order valence-electron chi connectivity index (χ0n) is 9.84. The Hall–Kier alpha value is -0.170. The van der Waals surface area contributed by atoms with Crippen LogP contribution in [0, 0.1) is 5.92 Å². The first kappa shape index (κ1) is 12.3. The Bertz CT molecular complexity index is 418. The van der Waals surface area contributed by atoms with Crippen LogP contribution in [0.15, 0.2) is 18.2 Å². The number of rotatable bonds is 2. The second-order valence-corrected chi connectivity index (χ2v) is 4.67. The summed E-state index contributed by atoms with van der Waals surface area (Å²) in [5, 5.41) is 0. The van der Waals surface area contributed by atoms with Crippen LogP contribution in [-0.4, -0.2) is 0 Å². The van der Waals surface area contributed by atoms with Gasteiger partial charge in [-0.1, -0.05) is 37.6 Å². The Morgan fingerprint density at radius 2 is 1.81 bits per heavy atom. The maximum Gasteiger partial charge on any atom is 0.0273 e. The molecule has 0 aliphatic heterocycles. The fourth-order valence-electron chi connectivity index (χ4n) is 2.83. The van der Waals surface area contributed by atoms with E-state index in [0.29, 0.717) is 0 Å². The Kier molecular flexibility index (Phi) is 3.84. The minimum atomic E-state index is 0. The first-order chi connectivity index (χ1) is 7.38. The number of hydrogen-bond donors (Lipinski definition) is 0. The molecule has 0 saturated heterocycles. The molecule has 0 fully saturated rings. The number of benzene rings is 1. The van der Waals surface area contributed by atoms with Gasteiger partial charge >= 0.3 is 0 Å². The van der Waals surface area contributed by atoms with Gasteiger partial charge in [-0.3, -0.25) is 0 Å². The number of aryl methyl sites for hydroxylation is 2. The molecular weight excluding hydrogens is 359 g/mol. The molecule has 1 aromatic carbocycles. The van der Waals surface area contributed by atoms with Gasteiger partial charge in [-0.15, -0.1) is 0 Å². The van der Waals surface area contributed by atoms with Gasteiger partial charge in [0.15, 0.2) is 0 Å². The van der Waals surface area contributed by atoms with Crippen molar-refractivity contribution >= 4 is 6.08 Å². The number of allylic oxidation sites excluding steroid dienone is 1. The third-order valence-corrected chi connectivity index (χ3v) is 3.59. The normalized spacial score (nSPS) is 17.1. The van der Waals surface area contributed by atoms with Gasteiger partial charge in [0.2, 0.25) is 0 Å². The molecule has 0 nitrogen and oxygen atoms in total. The number of hydrogen-bond acceptors (Lipinski definition) is 0. The fraction of sp³-hybridized carbons (Fsp3) is 0.400. The summed E-state index contributed by atoms with van der Waals surface area (Å²) in [5.41, 5.74) is 6.17. The molecule has 2 aliphatic carbocycles. The summed E-state index contributed by atoms with van der Waals surface area (Å²) in [4.78, 5) is 0. The van der Waals surface area contributed by atoms with Crippen LogP contribution < -0.4 is 0 Å². The quantitative estimate of drug-likeness (QED) is 0.687. The maximum atomic E-state index is 2.45. The second-order valence-electron chi connectivity index (χ2n) is 4.67. The van der Waals surface area contributed by atoms with Crippen LogP contribution in [0.5, 0.6) is 0 Å². The zero-order valence-corrected chi connectivity index (χ0v) is 13.4. The van der Waals surface area contributed by atoms with E-state index in [1.54, 1.807) is 17.0 Å². The molecule has 0 spiro atoms. The molecule has 0 saturated carbocycles. The van der Waals surface area contributed by atoms with Crippen molar-refractivity contribution in [3.8, 4) is 0 Å². The molecule has 0 heterocycles. The van der Waals surface area contributed by atoms with Crippen LogP contribution in [0.3, 0.4) is 0 Å². The summed E-state index contributed by atoms with van der Waals surface area (Å²) in [7, 11) is 0. The van der Waals surface area contributed by atoms with E-state index >= 15 is 0 Å². The minimum absolute atomic E-state index is 0. The molecule has 16 heavy (non-hydrogen) atoms. The largest absolute Gasteiger partial charge is 0.0721 e. The molecule has 0 unspecified atom stereocenters. The third-order valence-electron chi connectivity index (χ3n) is 3.59. The molecule has 1 heteroatoms. The second kappa shape index (κ2) is 5.00. The van der Waals surface area contributed by atoms with Crippen molar-refractivity contribution in [1.82, 2.24) is 0 Å². The van der Waals surface area contributed by atoms with Crippen molar-refractivity contribution < 1.29 is 25.8 Å². The van der Waals surface area contributed by atoms with Gasteiger partial charge in [0.25, 0.3) is 0 Å². The van der Waals surface area contributed by atoms with Gasteiger partial charge in [-0.05, 0) is 47.9 Å². The Morgan fingerprint density at radius 3 is 2.56 bits per heavy atom. The summed E-state index contributed by atoms with van der Waals surface area (Å²) in [6, 6.07) is 4.86. The SMILES string of the molecule is CCC[C]1C=Cc2cc3c(cc21)CCC3.[Hf]. The van der Waals surface area contributed by atoms with Crippen molar-refractivity contribution in [2.75, 3.05) is 0 Å². The van der Waals surface area contributed by atoms with Crippen molar-refractivity contribution in [2.45, 2.75) is 39.0 Å². The van der Waals surface area contributed by atoms with Crippen molar-refractivity contribution in [1.29, 1.82) is 0 Å². The zero-order chi connectivity index (χ0) is 10.3. The van der Waals surface area contributed by atoms with E-state index in [-0.39, 0.29) is 25.8 Å². The van der Waals surface area contributed by atoms with Gasteiger partial charge in [0, 0.05) is 31.8 Å². The standard InChI is InChI=1S/C15H17.Hf/c1-2-4-11-7-8-14-9-12-5-3-6-13(12)10-15(11)14;/h7-10H,2-6H2,1H3;. The molecular formula is C15H17Hf. The van der Waals surface area contributed by atoms with Gasteiger partial charge in [0.1, 0.15) is 0 Å². The summed E-state index contributed by atoms with van der Waals surface area (Å²) in [6.07, 6.45) is 11.0. The summed E-state index contributed by atoms with van der Waals surface area (Å²) in [6.45, 7) is 2.26. The van der Waals surface area contributed by atoms with Crippen molar-refractivity contribution in [3.63, 3.8) is 0 Å². The van der Waals surface area contributed by atoms with Gasteiger partial charge < -0.3 is 0 Å². The topological polar surface area (TPSA) is 0 Å².